The molecule has 0 aliphatic carbocycles. The quantitative estimate of drug-likeness (QED) is 0.593. The Labute approximate surface area is 208 Å². The van der Waals surface area contributed by atoms with Gasteiger partial charge in [0.05, 0.1) is 6.26 Å². The molecule has 0 saturated carbocycles. The third-order valence-corrected chi connectivity index (χ3v) is 7.58. The van der Waals surface area contributed by atoms with Gasteiger partial charge in [-0.25, -0.2) is 0 Å². The number of piperazine rings is 1. The molecular weight excluding hydrogens is 468 g/mol. The van der Waals surface area contributed by atoms with E-state index in [4.69, 9.17) is 16.0 Å². The highest BCUT2D eigenvalue weighted by Crippen LogP contribution is 2.28. The lowest BCUT2D eigenvalue weighted by atomic mass is 9.84. The number of hydrogen-bond acceptors (Lipinski definition) is 4. The first-order valence-corrected chi connectivity index (χ1v) is 12.5. The number of carbonyl (C=O) groups is 3. The van der Waals surface area contributed by atoms with Gasteiger partial charge in [-0.3, -0.25) is 14.4 Å². The summed E-state index contributed by atoms with van der Waals surface area (Å²) in [6.45, 7) is 5.30. The number of benzene rings is 1. The molecule has 8 nitrogen and oxygen atoms in total. The minimum Gasteiger partial charge on any atom is -0.459 e. The third-order valence-electron chi connectivity index (χ3n) is 7.35. The van der Waals surface area contributed by atoms with Crippen LogP contribution in [0.3, 0.4) is 0 Å². The molecule has 2 aliphatic rings. The molecule has 2 fully saturated rings. The van der Waals surface area contributed by atoms with Crippen LogP contribution in [-0.4, -0.2) is 76.7 Å². The molecule has 4 heterocycles. The topological polar surface area (TPSA) is 89.9 Å². The van der Waals surface area contributed by atoms with E-state index >= 15 is 0 Å². The Morgan fingerprint density at radius 1 is 0.943 bits per heavy atom. The summed E-state index contributed by atoms with van der Waals surface area (Å²) in [5.74, 6) is 0.422. The fourth-order valence-corrected chi connectivity index (χ4v) is 5.35. The molecule has 0 radical (unpaired) electrons. The van der Waals surface area contributed by atoms with Crippen molar-refractivity contribution in [1.29, 1.82) is 0 Å². The van der Waals surface area contributed by atoms with E-state index in [-0.39, 0.29) is 29.6 Å². The molecule has 35 heavy (non-hydrogen) atoms. The molecule has 1 atom stereocenters. The molecule has 1 aromatic carbocycles. The van der Waals surface area contributed by atoms with Gasteiger partial charge in [-0.2, -0.15) is 0 Å². The Morgan fingerprint density at radius 2 is 1.63 bits per heavy atom. The maximum absolute atomic E-state index is 13.2. The lowest BCUT2D eigenvalue weighted by molar-refractivity contribution is -0.138. The Balaban J connectivity index is 1.12. The van der Waals surface area contributed by atoms with E-state index in [0.29, 0.717) is 55.7 Å². The number of carbonyl (C=O) groups excluding carboxylic acids is 3. The number of amides is 3. The predicted molar refractivity (Wildman–Crippen MR) is 132 cm³/mol. The summed E-state index contributed by atoms with van der Waals surface area (Å²) in [6.07, 6.45) is 3.08. The fraction of sp³-hybridized carbons (Fsp3) is 0.423. The number of nitrogens with zero attached hydrogens (tertiary/aromatic N) is 3. The second kappa shape index (κ2) is 9.77. The second-order valence-electron chi connectivity index (χ2n) is 9.43. The van der Waals surface area contributed by atoms with Gasteiger partial charge in [0, 0.05) is 61.1 Å². The maximum Gasteiger partial charge on any atom is 0.289 e. The monoisotopic (exact) mass is 496 g/mol. The molecule has 2 aliphatic heterocycles. The highest BCUT2D eigenvalue weighted by atomic mass is 35.5. The zero-order valence-electron chi connectivity index (χ0n) is 19.7. The minimum atomic E-state index is -0.134. The molecule has 2 aromatic heterocycles. The van der Waals surface area contributed by atoms with Crippen LogP contribution in [0.4, 0.5) is 0 Å². The van der Waals surface area contributed by atoms with Crippen LogP contribution in [0.25, 0.3) is 10.9 Å². The Kier molecular flexibility index (Phi) is 6.56. The van der Waals surface area contributed by atoms with Crippen molar-refractivity contribution in [2.45, 2.75) is 19.8 Å². The molecular formula is C26H29ClN4O4. The van der Waals surface area contributed by atoms with Crippen LogP contribution < -0.4 is 0 Å². The van der Waals surface area contributed by atoms with Crippen LogP contribution >= 0.6 is 11.6 Å². The van der Waals surface area contributed by atoms with Crippen LogP contribution in [0.2, 0.25) is 5.02 Å². The van der Waals surface area contributed by atoms with Gasteiger partial charge in [0.25, 0.3) is 11.8 Å². The minimum absolute atomic E-state index is 0.0212. The number of fused-ring (bicyclic) bond motifs is 1. The van der Waals surface area contributed by atoms with Crippen LogP contribution in [-0.2, 0) is 4.79 Å². The second-order valence-corrected chi connectivity index (χ2v) is 9.86. The van der Waals surface area contributed by atoms with Gasteiger partial charge in [0.15, 0.2) is 5.76 Å². The first-order chi connectivity index (χ1) is 16.9. The zero-order chi connectivity index (χ0) is 24.5. The van der Waals surface area contributed by atoms with E-state index in [1.54, 1.807) is 23.1 Å². The molecule has 5 rings (SSSR count). The van der Waals surface area contributed by atoms with Crippen LogP contribution in [0, 0.1) is 11.8 Å². The first kappa shape index (κ1) is 23.5. The number of furan rings is 1. The molecule has 1 N–H and O–H groups in total. The summed E-state index contributed by atoms with van der Waals surface area (Å²) in [7, 11) is 0. The van der Waals surface area contributed by atoms with E-state index in [1.807, 2.05) is 34.9 Å². The molecule has 0 bridgehead atoms. The van der Waals surface area contributed by atoms with E-state index in [1.165, 1.54) is 6.26 Å². The average Bonchev–Trinajstić information content (AvgIpc) is 3.57. The van der Waals surface area contributed by atoms with Gasteiger partial charge >= 0.3 is 0 Å². The van der Waals surface area contributed by atoms with Crippen molar-refractivity contribution in [1.82, 2.24) is 19.7 Å². The van der Waals surface area contributed by atoms with Gasteiger partial charge in [0.1, 0.15) is 5.69 Å². The zero-order valence-corrected chi connectivity index (χ0v) is 20.5. The van der Waals surface area contributed by atoms with Crippen molar-refractivity contribution >= 4 is 40.2 Å². The number of nitrogens with one attached hydrogen (secondary N) is 1. The van der Waals surface area contributed by atoms with E-state index in [2.05, 4.69) is 4.98 Å². The van der Waals surface area contributed by atoms with Crippen molar-refractivity contribution in [3.8, 4) is 0 Å². The Bertz CT molecular complexity index is 1220. The van der Waals surface area contributed by atoms with Crippen molar-refractivity contribution in [3.63, 3.8) is 0 Å². The number of aromatic nitrogens is 1. The third kappa shape index (κ3) is 4.80. The van der Waals surface area contributed by atoms with Gasteiger partial charge in [-0.05, 0) is 55.2 Å². The standard InChI is InChI=1S/C26H29ClN4O4/c1-17(24(32)30-10-12-31(13-11-30)26(34)23-3-2-14-35-23)18-6-8-29(9-7-18)25(33)22-16-19-15-20(27)4-5-21(19)28-22/h2-5,14-18,28H,6-13H2,1H3/t17-/m1/s1. The number of aromatic amines is 1. The summed E-state index contributed by atoms with van der Waals surface area (Å²) in [4.78, 5) is 47.3. The van der Waals surface area contributed by atoms with E-state index < -0.39 is 0 Å². The first-order valence-electron chi connectivity index (χ1n) is 12.1. The number of H-pyrrole nitrogens is 1. The lowest BCUT2D eigenvalue weighted by Gasteiger charge is -2.39. The molecule has 0 spiro atoms. The summed E-state index contributed by atoms with van der Waals surface area (Å²) in [6, 6.07) is 10.7. The van der Waals surface area contributed by atoms with Crippen molar-refractivity contribution in [2.75, 3.05) is 39.3 Å². The van der Waals surface area contributed by atoms with E-state index in [9.17, 15) is 14.4 Å². The number of likely N-dealkylation sites (tertiary alicyclic amines) is 1. The van der Waals surface area contributed by atoms with Crippen molar-refractivity contribution in [2.24, 2.45) is 11.8 Å². The SMILES string of the molecule is C[C@@H](C(=O)N1CCN(C(=O)c2ccco2)CC1)C1CCN(C(=O)c2cc3cc(Cl)ccc3[nH]2)CC1. The molecule has 3 amide bonds. The van der Waals surface area contributed by atoms with Gasteiger partial charge in [-0.15, -0.1) is 0 Å². The number of rotatable bonds is 4. The molecule has 3 aromatic rings. The predicted octanol–water partition coefficient (Wildman–Crippen LogP) is 3.89. The molecule has 184 valence electrons. The van der Waals surface area contributed by atoms with Crippen molar-refractivity contribution < 1.29 is 18.8 Å². The van der Waals surface area contributed by atoms with Crippen molar-refractivity contribution in [3.05, 3.63) is 59.1 Å². The summed E-state index contributed by atoms with van der Waals surface area (Å²) in [5.41, 5.74) is 1.45. The maximum atomic E-state index is 13.2. The van der Waals surface area contributed by atoms with Gasteiger partial charge < -0.3 is 24.1 Å². The van der Waals surface area contributed by atoms with Gasteiger partial charge in [-0.1, -0.05) is 18.5 Å². The number of hydrogen-bond donors (Lipinski definition) is 1. The van der Waals surface area contributed by atoms with Crippen LogP contribution in [0.15, 0.2) is 47.1 Å². The smallest absolute Gasteiger partial charge is 0.289 e. The molecule has 2 saturated heterocycles. The summed E-state index contributed by atoms with van der Waals surface area (Å²) >= 11 is 6.06. The lowest BCUT2D eigenvalue weighted by Crippen LogP contribution is -2.52. The molecule has 9 heteroatoms. The van der Waals surface area contributed by atoms with E-state index in [0.717, 1.165) is 23.7 Å². The number of piperidine rings is 1. The highest BCUT2D eigenvalue weighted by Gasteiger charge is 2.34. The molecule has 0 unspecified atom stereocenters. The van der Waals surface area contributed by atoms with Gasteiger partial charge in [0.2, 0.25) is 5.91 Å². The largest absolute Gasteiger partial charge is 0.459 e. The average molecular weight is 497 g/mol. The highest BCUT2D eigenvalue weighted by molar-refractivity contribution is 6.31. The summed E-state index contributed by atoms with van der Waals surface area (Å²) < 4.78 is 5.21. The van der Waals surface area contributed by atoms with Crippen LogP contribution in [0.1, 0.15) is 40.8 Å². The van der Waals surface area contributed by atoms with Crippen LogP contribution in [0.5, 0.6) is 0 Å². The number of halogens is 1. The summed E-state index contributed by atoms with van der Waals surface area (Å²) in [5, 5.41) is 1.56. The Hall–Kier alpha value is -3.26. The normalized spacial score (nSPS) is 18.2. The Morgan fingerprint density at radius 3 is 2.31 bits per heavy atom. The fourth-order valence-electron chi connectivity index (χ4n) is 5.17.